The molecule has 1 aliphatic rings. The molecule has 2 rings (SSSR count). The van der Waals surface area contributed by atoms with Crippen molar-refractivity contribution in [2.24, 2.45) is 0 Å². The van der Waals surface area contributed by atoms with Gasteiger partial charge >= 0.3 is 0 Å². The Bertz CT molecular complexity index is 536. The molecule has 22 heavy (non-hydrogen) atoms. The molecule has 1 saturated heterocycles. The van der Waals surface area contributed by atoms with Gasteiger partial charge in [0.1, 0.15) is 5.82 Å². The smallest absolute Gasteiger partial charge is 0.242 e. The standard InChI is InChI=1S/C16H21FN2O3/c1-12-5-7-22-8-6-19(12)16(21)11-18-15(20)10-13-3-2-4-14(17)9-13/h2-4,9,12H,5-8,10-11H2,1H3,(H,18,20). The summed E-state index contributed by atoms with van der Waals surface area (Å²) in [6.45, 7) is 3.64. The predicted molar refractivity (Wildman–Crippen MR) is 79.7 cm³/mol. The van der Waals surface area contributed by atoms with E-state index in [1.54, 1.807) is 17.0 Å². The molecule has 1 heterocycles. The quantitative estimate of drug-likeness (QED) is 0.907. The number of carbonyl (C=O) groups excluding carboxylic acids is 2. The van der Waals surface area contributed by atoms with Crippen molar-refractivity contribution in [3.05, 3.63) is 35.6 Å². The lowest BCUT2D eigenvalue weighted by Gasteiger charge is -2.26. The molecule has 0 saturated carbocycles. The molecule has 1 atom stereocenters. The number of rotatable bonds is 4. The third-order valence-electron chi connectivity index (χ3n) is 3.70. The van der Waals surface area contributed by atoms with E-state index in [4.69, 9.17) is 4.74 Å². The largest absolute Gasteiger partial charge is 0.380 e. The van der Waals surface area contributed by atoms with E-state index in [1.165, 1.54) is 12.1 Å². The van der Waals surface area contributed by atoms with Crippen LogP contribution < -0.4 is 5.32 Å². The van der Waals surface area contributed by atoms with Crippen LogP contribution in [0.25, 0.3) is 0 Å². The van der Waals surface area contributed by atoms with Crippen LogP contribution in [0.2, 0.25) is 0 Å². The summed E-state index contributed by atoms with van der Waals surface area (Å²) in [5.41, 5.74) is 0.585. The lowest BCUT2D eigenvalue weighted by molar-refractivity contribution is -0.134. The van der Waals surface area contributed by atoms with Crippen molar-refractivity contribution in [1.82, 2.24) is 10.2 Å². The van der Waals surface area contributed by atoms with Gasteiger partial charge in [-0.05, 0) is 31.0 Å². The summed E-state index contributed by atoms with van der Waals surface area (Å²) in [6, 6.07) is 5.99. The van der Waals surface area contributed by atoms with Crippen LogP contribution in [-0.4, -0.2) is 49.1 Å². The first-order valence-electron chi connectivity index (χ1n) is 7.44. The Morgan fingerprint density at radius 1 is 1.41 bits per heavy atom. The first-order valence-corrected chi connectivity index (χ1v) is 7.44. The summed E-state index contributed by atoms with van der Waals surface area (Å²) in [7, 11) is 0. The maximum absolute atomic E-state index is 13.1. The zero-order valence-electron chi connectivity index (χ0n) is 12.7. The molecule has 0 aromatic heterocycles. The van der Waals surface area contributed by atoms with E-state index < -0.39 is 0 Å². The first kappa shape index (κ1) is 16.4. The van der Waals surface area contributed by atoms with Crippen LogP contribution in [0.1, 0.15) is 18.9 Å². The Labute approximate surface area is 129 Å². The predicted octanol–water partition coefficient (Wildman–Crippen LogP) is 1.12. The molecule has 0 spiro atoms. The second-order valence-electron chi connectivity index (χ2n) is 5.42. The number of nitrogens with one attached hydrogen (secondary N) is 1. The van der Waals surface area contributed by atoms with Crippen molar-refractivity contribution in [2.75, 3.05) is 26.3 Å². The number of halogens is 1. The molecule has 5 nitrogen and oxygen atoms in total. The summed E-state index contributed by atoms with van der Waals surface area (Å²) in [5, 5.41) is 2.60. The summed E-state index contributed by atoms with van der Waals surface area (Å²) in [6.07, 6.45) is 0.854. The molecule has 1 fully saturated rings. The fourth-order valence-corrected chi connectivity index (χ4v) is 2.44. The van der Waals surface area contributed by atoms with Gasteiger partial charge < -0.3 is 15.0 Å². The molecule has 1 aliphatic heterocycles. The monoisotopic (exact) mass is 308 g/mol. The molecular weight excluding hydrogens is 287 g/mol. The second-order valence-corrected chi connectivity index (χ2v) is 5.42. The molecule has 0 radical (unpaired) electrons. The third kappa shape index (κ3) is 4.80. The molecule has 120 valence electrons. The van der Waals surface area contributed by atoms with E-state index in [-0.39, 0.29) is 36.6 Å². The average molecular weight is 308 g/mol. The van der Waals surface area contributed by atoms with Gasteiger partial charge in [-0.3, -0.25) is 9.59 Å². The number of nitrogens with zero attached hydrogens (tertiary/aromatic N) is 1. The Morgan fingerprint density at radius 3 is 3.00 bits per heavy atom. The molecule has 2 amide bonds. The SMILES string of the molecule is CC1CCOCCN1C(=O)CNC(=O)Cc1cccc(F)c1. The minimum atomic E-state index is -0.375. The topological polar surface area (TPSA) is 58.6 Å². The zero-order chi connectivity index (χ0) is 15.9. The van der Waals surface area contributed by atoms with Crippen molar-refractivity contribution in [1.29, 1.82) is 0 Å². The Hall–Kier alpha value is -1.95. The van der Waals surface area contributed by atoms with Crippen molar-refractivity contribution in [3.8, 4) is 0 Å². The van der Waals surface area contributed by atoms with Crippen LogP contribution in [0.15, 0.2) is 24.3 Å². The van der Waals surface area contributed by atoms with Crippen LogP contribution in [0, 0.1) is 5.82 Å². The number of amides is 2. The highest BCUT2D eigenvalue weighted by Gasteiger charge is 2.22. The molecule has 6 heteroatoms. The van der Waals surface area contributed by atoms with Crippen molar-refractivity contribution in [2.45, 2.75) is 25.8 Å². The normalized spacial score (nSPS) is 18.6. The number of ether oxygens (including phenoxy) is 1. The fourth-order valence-electron chi connectivity index (χ4n) is 2.44. The van der Waals surface area contributed by atoms with Gasteiger partial charge in [0.15, 0.2) is 0 Å². The zero-order valence-corrected chi connectivity index (χ0v) is 12.7. The van der Waals surface area contributed by atoms with Gasteiger partial charge in [0.05, 0.1) is 19.6 Å². The highest BCUT2D eigenvalue weighted by atomic mass is 19.1. The van der Waals surface area contributed by atoms with Crippen molar-refractivity contribution >= 4 is 11.8 Å². The summed E-state index contributed by atoms with van der Waals surface area (Å²) in [5.74, 6) is -0.789. The van der Waals surface area contributed by atoms with Gasteiger partial charge in [0, 0.05) is 19.2 Å². The molecule has 0 aliphatic carbocycles. The Kier molecular flexibility index (Phi) is 5.89. The van der Waals surface area contributed by atoms with E-state index in [0.717, 1.165) is 6.42 Å². The van der Waals surface area contributed by atoms with Crippen molar-refractivity contribution in [3.63, 3.8) is 0 Å². The van der Waals surface area contributed by atoms with Gasteiger partial charge in [0.2, 0.25) is 11.8 Å². The van der Waals surface area contributed by atoms with E-state index in [9.17, 15) is 14.0 Å². The van der Waals surface area contributed by atoms with Crippen molar-refractivity contribution < 1.29 is 18.7 Å². The van der Waals surface area contributed by atoms with Crippen LogP contribution in [0.3, 0.4) is 0 Å². The fraction of sp³-hybridized carbons (Fsp3) is 0.500. The average Bonchev–Trinajstić information content (AvgIpc) is 2.69. The lowest BCUT2D eigenvalue weighted by atomic mass is 10.1. The highest BCUT2D eigenvalue weighted by molar-refractivity contribution is 5.85. The molecule has 1 N–H and O–H groups in total. The van der Waals surface area contributed by atoms with Gasteiger partial charge in [-0.25, -0.2) is 4.39 Å². The third-order valence-corrected chi connectivity index (χ3v) is 3.70. The Balaban J connectivity index is 1.81. The van der Waals surface area contributed by atoms with E-state index in [0.29, 0.717) is 25.3 Å². The number of carbonyl (C=O) groups is 2. The van der Waals surface area contributed by atoms with Crippen LogP contribution >= 0.6 is 0 Å². The van der Waals surface area contributed by atoms with E-state index in [1.807, 2.05) is 6.92 Å². The molecule has 1 aromatic rings. The summed E-state index contributed by atoms with van der Waals surface area (Å²) in [4.78, 5) is 25.7. The molecule has 1 aromatic carbocycles. The maximum Gasteiger partial charge on any atom is 0.242 e. The maximum atomic E-state index is 13.1. The minimum Gasteiger partial charge on any atom is -0.380 e. The van der Waals surface area contributed by atoms with Crippen LogP contribution in [-0.2, 0) is 20.7 Å². The lowest BCUT2D eigenvalue weighted by Crippen LogP contribution is -2.45. The van der Waals surface area contributed by atoms with Gasteiger partial charge in [-0.15, -0.1) is 0 Å². The van der Waals surface area contributed by atoms with Gasteiger partial charge in [-0.2, -0.15) is 0 Å². The number of hydrogen-bond donors (Lipinski definition) is 1. The first-order chi connectivity index (χ1) is 10.6. The van der Waals surface area contributed by atoms with E-state index in [2.05, 4.69) is 5.32 Å². The molecule has 0 bridgehead atoms. The molecule has 1 unspecified atom stereocenters. The highest BCUT2D eigenvalue weighted by Crippen LogP contribution is 2.08. The van der Waals surface area contributed by atoms with Gasteiger partial charge in [0.25, 0.3) is 0 Å². The van der Waals surface area contributed by atoms with E-state index >= 15 is 0 Å². The number of hydrogen-bond acceptors (Lipinski definition) is 3. The second kappa shape index (κ2) is 7.89. The Morgan fingerprint density at radius 2 is 2.23 bits per heavy atom. The number of benzene rings is 1. The van der Waals surface area contributed by atoms with Gasteiger partial charge in [-0.1, -0.05) is 12.1 Å². The summed E-state index contributed by atoms with van der Waals surface area (Å²) < 4.78 is 18.4. The molecular formula is C16H21FN2O3. The minimum absolute atomic E-state index is 0.0432. The summed E-state index contributed by atoms with van der Waals surface area (Å²) >= 11 is 0. The van der Waals surface area contributed by atoms with Crippen LogP contribution in [0.5, 0.6) is 0 Å². The van der Waals surface area contributed by atoms with Crippen LogP contribution in [0.4, 0.5) is 4.39 Å².